The molecule has 2 aromatic rings. The third-order valence-corrected chi connectivity index (χ3v) is 6.74. The van der Waals surface area contributed by atoms with Crippen LogP contribution in [0.1, 0.15) is 31.7 Å². The van der Waals surface area contributed by atoms with E-state index in [4.69, 9.17) is 0 Å². The van der Waals surface area contributed by atoms with Crippen molar-refractivity contribution in [1.29, 1.82) is 0 Å². The molecule has 1 aliphatic carbocycles. The molecule has 2 aliphatic rings. The minimum absolute atomic E-state index is 0.0242. The summed E-state index contributed by atoms with van der Waals surface area (Å²) in [5.74, 6) is -0.185. The molecule has 1 aliphatic heterocycles. The van der Waals surface area contributed by atoms with Gasteiger partial charge >= 0.3 is 0 Å². The lowest BCUT2D eigenvalue weighted by Crippen LogP contribution is -2.42. The molecule has 1 fully saturated rings. The number of rotatable bonds is 4. The molecule has 0 spiro atoms. The second-order valence-corrected chi connectivity index (χ2v) is 8.97. The van der Waals surface area contributed by atoms with Gasteiger partial charge in [-0.15, -0.1) is 0 Å². The molecule has 5 nitrogen and oxygen atoms in total. The molecule has 1 saturated carbocycles. The average molecular weight is 388 g/mol. The fourth-order valence-electron chi connectivity index (χ4n) is 3.69. The Bertz CT molecular complexity index is 985. The number of amides is 1. The number of anilines is 2. The third kappa shape index (κ3) is 3.32. The topological polar surface area (TPSA) is 66.5 Å². The normalized spacial score (nSPS) is 19.5. The highest BCUT2D eigenvalue weighted by Crippen LogP contribution is 2.38. The molecule has 4 rings (SSSR count). The van der Waals surface area contributed by atoms with E-state index in [0.717, 1.165) is 30.5 Å². The van der Waals surface area contributed by atoms with E-state index in [-0.39, 0.29) is 22.8 Å². The lowest BCUT2D eigenvalue weighted by Gasteiger charge is -2.32. The largest absolute Gasteiger partial charge is 0.309 e. The Morgan fingerprint density at radius 3 is 2.48 bits per heavy atom. The Balaban J connectivity index is 1.60. The van der Waals surface area contributed by atoms with Gasteiger partial charge in [0.15, 0.2) is 0 Å². The van der Waals surface area contributed by atoms with Crippen molar-refractivity contribution in [2.75, 3.05) is 9.62 Å². The molecule has 7 heteroatoms. The first-order valence-electron chi connectivity index (χ1n) is 9.09. The summed E-state index contributed by atoms with van der Waals surface area (Å²) in [6, 6.07) is 10.0. The molecule has 0 aromatic heterocycles. The fraction of sp³-hybridized carbons (Fsp3) is 0.350. The number of nitrogens with one attached hydrogen (secondary N) is 1. The zero-order valence-corrected chi connectivity index (χ0v) is 15.8. The van der Waals surface area contributed by atoms with Gasteiger partial charge in [-0.2, -0.15) is 0 Å². The summed E-state index contributed by atoms with van der Waals surface area (Å²) >= 11 is 0. The van der Waals surface area contributed by atoms with Gasteiger partial charge < -0.3 is 4.90 Å². The summed E-state index contributed by atoms with van der Waals surface area (Å²) in [5, 5.41) is 0. The summed E-state index contributed by atoms with van der Waals surface area (Å²) in [7, 11) is -3.79. The van der Waals surface area contributed by atoms with Crippen molar-refractivity contribution in [3.8, 4) is 0 Å². The van der Waals surface area contributed by atoms with E-state index in [9.17, 15) is 17.6 Å². The molecule has 0 saturated heterocycles. The predicted molar refractivity (Wildman–Crippen MR) is 102 cm³/mol. The molecule has 1 N–H and O–H groups in total. The van der Waals surface area contributed by atoms with Crippen molar-refractivity contribution < 1.29 is 17.6 Å². The second-order valence-electron chi connectivity index (χ2n) is 7.29. The van der Waals surface area contributed by atoms with Crippen LogP contribution in [0.5, 0.6) is 0 Å². The smallest absolute Gasteiger partial charge is 0.261 e. The van der Waals surface area contributed by atoms with Crippen molar-refractivity contribution in [3.05, 3.63) is 53.8 Å². The summed E-state index contributed by atoms with van der Waals surface area (Å²) in [4.78, 5) is 14.7. The molecule has 0 bridgehead atoms. The molecule has 0 radical (unpaired) electrons. The molecule has 1 heterocycles. The zero-order chi connectivity index (χ0) is 19.2. The van der Waals surface area contributed by atoms with Gasteiger partial charge in [-0.25, -0.2) is 12.8 Å². The average Bonchev–Trinajstić information content (AvgIpc) is 2.90. The van der Waals surface area contributed by atoms with Gasteiger partial charge in [-0.3, -0.25) is 9.52 Å². The van der Waals surface area contributed by atoms with E-state index in [2.05, 4.69) is 4.72 Å². The van der Waals surface area contributed by atoms with Gasteiger partial charge in [-0.1, -0.05) is 6.42 Å². The number of carbonyl (C=O) groups is 1. The van der Waals surface area contributed by atoms with Crippen LogP contribution in [0, 0.1) is 11.7 Å². The van der Waals surface area contributed by atoms with E-state index in [1.807, 2.05) is 11.8 Å². The minimum Gasteiger partial charge on any atom is -0.309 e. The van der Waals surface area contributed by atoms with E-state index >= 15 is 0 Å². The highest BCUT2D eigenvalue weighted by molar-refractivity contribution is 7.92. The maximum atomic E-state index is 13.0. The van der Waals surface area contributed by atoms with Gasteiger partial charge in [0.2, 0.25) is 5.91 Å². The van der Waals surface area contributed by atoms with Crippen molar-refractivity contribution in [1.82, 2.24) is 0 Å². The number of benzene rings is 2. The lowest BCUT2D eigenvalue weighted by atomic mass is 9.84. The highest BCUT2D eigenvalue weighted by atomic mass is 32.2. The maximum Gasteiger partial charge on any atom is 0.261 e. The van der Waals surface area contributed by atoms with Crippen molar-refractivity contribution in [2.45, 2.75) is 43.5 Å². The van der Waals surface area contributed by atoms with Crippen molar-refractivity contribution >= 4 is 27.3 Å². The highest BCUT2D eigenvalue weighted by Gasteiger charge is 2.37. The Kier molecular flexibility index (Phi) is 4.42. The van der Waals surface area contributed by atoms with Gasteiger partial charge in [0, 0.05) is 23.3 Å². The van der Waals surface area contributed by atoms with Gasteiger partial charge in [0.1, 0.15) is 5.82 Å². The Labute approximate surface area is 158 Å². The Morgan fingerprint density at radius 1 is 1.15 bits per heavy atom. The summed E-state index contributed by atoms with van der Waals surface area (Å²) in [5.41, 5.74) is 1.96. The van der Waals surface area contributed by atoms with Crippen LogP contribution in [0.2, 0.25) is 0 Å². The third-order valence-electron chi connectivity index (χ3n) is 5.37. The number of fused-ring (bicyclic) bond motifs is 1. The molecule has 1 unspecified atom stereocenters. The number of hydrogen-bond acceptors (Lipinski definition) is 3. The number of carbonyl (C=O) groups excluding carboxylic acids is 1. The molecule has 1 amide bonds. The Morgan fingerprint density at radius 2 is 1.85 bits per heavy atom. The van der Waals surface area contributed by atoms with Crippen LogP contribution in [0.25, 0.3) is 0 Å². The second kappa shape index (κ2) is 6.64. The molecule has 142 valence electrons. The van der Waals surface area contributed by atoms with Crippen LogP contribution >= 0.6 is 0 Å². The predicted octanol–water partition coefficient (Wildman–Crippen LogP) is 3.70. The maximum absolute atomic E-state index is 13.0. The van der Waals surface area contributed by atoms with Crippen LogP contribution in [0.4, 0.5) is 15.8 Å². The summed E-state index contributed by atoms with van der Waals surface area (Å²) < 4.78 is 40.8. The standard InChI is InChI=1S/C20H21FN2O3S/c1-13-11-15-12-18(27(25,26)22-17-7-5-16(21)6-8-17)9-10-19(15)23(13)20(24)14-3-2-4-14/h5-10,12-14,22H,2-4,11H2,1H3. The van der Waals surface area contributed by atoms with E-state index in [0.29, 0.717) is 12.1 Å². The minimum atomic E-state index is -3.79. The van der Waals surface area contributed by atoms with Crippen LogP contribution in [-0.2, 0) is 21.2 Å². The first kappa shape index (κ1) is 18.0. The number of halogens is 1. The number of hydrogen-bond donors (Lipinski definition) is 1. The SMILES string of the molecule is CC1Cc2cc(S(=O)(=O)Nc3ccc(F)cc3)ccc2N1C(=O)C1CCC1. The fourth-order valence-corrected chi connectivity index (χ4v) is 4.80. The Hall–Kier alpha value is -2.41. The van der Waals surface area contributed by atoms with E-state index in [1.54, 1.807) is 12.1 Å². The summed E-state index contributed by atoms with van der Waals surface area (Å²) in [6.45, 7) is 1.99. The van der Waals surface area contributed by atoms with E-state index in [1.165, 1.54) is 30.3 Å². The number of nitrogens with zero attached hydrogens (tertiary/aromatic N) is 1. The molecule has 2 aromatic carbocycles. The zero-order valence-electron chi connectivity index (χ0n) is 15.0. The molecule has 27 heavy (non-hydrogen) atoms. The number of sulfonamides is 1. The van der Waals surface area contributed by atoms with Crippen molar-refractivity contribution in [3.63, 3.8) is 0 Å². The quantitative estimate of drug-likeness (QED) is 0.868. The van der Waals surface area contributed by atoms with Crippen LogP contribution in [0.15, 0.2) is 47.4 Å². The molecule has 1 atom stereocenters. The van der Waals surface area contributed by atoms with Crippen LogP contribution < -0.4 is 9.62 Å². The monoisotopic (exact) mass is 388 g/mol. The van der Waals surface area contributed by atoms with E-state index < -0.39 is 15.8 Å². The summed E-state index contributed by atoms with van der Waals surface area (Å²) in [6.07, 6.45) is 3.60. The van der Waals surface area contributed by atoms with Gasteiger partial charge in [0.05, 0.1) is 4.90 Å². The van der Waals surface area contributed by atoms with Crippen LogP contribution in [0.3, 0.4) is 0 Å². The van der Waals surface area contributed by atoms with Crippen molar-refractivity contribution in [2.24, 2.45) is 5.92 Å². The van der Waals surface area contributed by atoms with Gasteiger partial charge in [-0.05, 0) is 74.2 Å². The lowest BCUT2D eigenvalue weighted by molar-refractivity contribution is -0.125. The first-order chi connectivity index (χ1) is 12.8. The molecular weight excluding hydrogens is 367 g/mol. The van der Waals surface area contributed by atoms with Gasteiger partial charge in [0.25, 0.3) is 10.0 Å². The molecular formula is C20H21FN2O3S. The van der Waals surface area contributed by atoms with Crippen LogP contribution in [-0.4, -0.2) is 20.4 Å². The first-order valence-corrected chi connectivity index (χ1v) is 10.6.